The molecule has 4 N–H and O–H groups in total. The maximum Gasteiger partial charge on any atom is 0.242 e. The van der Waals surface area contributed by atoms with Gasteiger partial charge < -0.3 is 11.1 Å². The Morgan fingerprint density at radius 1 is 1.43 bits per heavy atom. The molecule has 0 radical (unpaired) electrons. The number of nitrogens with one attached hydrogen (secondary N) is 2. The first-order chi connectivity index (χ1) is 9.72. The summed E-state index contributed by atoms with van der Waals surface area (Å²) in [6.45, 7) is 3.67. The average molecular weight is 330 g/mol. The van der Waals surface area contributed by atoms with Crippen molar-refractivity contribution in [2.24, 2.45) is 5.73 Å². The first-order valence-electron chi connectivity index (χ1n) is 6.27. The number of thiocarbonyl (C=S) groups is 1. The van der Waals surface area contributed by atoms with Gasteiger partial charge in [0.1, 0.15) is 9.88 Å². The molecule has 0 aliphatic carbocycles. The zero-order valence-electron chi connectivity index (χ0n) is 11.8. The number of carbonyl (C=O) groups excluding carboxylic acids is 1. The molecular formula is C12H18N4O3S2. The monoisotopic (exact) mass is 330 g/mol. The second-order valence-corrected chi connectivity index (χ2v) is 6.82. The first kappa shape index (κ1) is 17.5. The van der Waals surface area contributed by atoms with Crippen molar-refractivity contribution in [1.82, 2.24) is 15.0 Å². The van der Waals surface area contributed by atoms with E-state index < -0.39 is 10.0 Å². The summed E-state index contributed by atoms with van der Waals surface area (Å²) in [5.41, 5.74) is 5.73. The van der Waals surface area contributed by atoms with Crippen LogP contribution in [0.25, 0.3) is 0 Å². The van der Waals surface area contributed by atoms with Crippen LogP contribution in [0.2, 0.25) is 0 Å². The molecule has 7 nitrogen and oxygen atoms in total. The van der Waals surface area contributed by atoms with Gasteiger partial charge in [0.15, 0.2) is 0 Å². The number of amides is 1. The lowest BCUT2D eigenvalue weighted by Gasteiger charge is -2.09. The molecule has 0 fully saturated rings. The number of nitrogens with two attached hydrogens (primary N) is 1. The van der Waals surface area contributed by atoms with Crippen LogP contribution in [0.1, 0.15) is 26.0 Å². The SMILES string of the molecule is CC(C)NC(=O)CCNS(=O)(=O)c1ccc(C(N)=S)nc1. The third-order valence-electron chi connectivity index (χ3n) is 2.39. The number of carbonyl (C=O) groups is 1. The van der Waals surface area contributed by atoms with Crippen LogP contribution in [-0.4, -0.2) is 36.9 Å². The zero-order valence-corrected chi connectivity index (χ0v) is 13.4. The van der Waals surface area contributed by atoms with Gasteiger partial charge in [0.2, 0.25) is 15.9 Å². The molecule has 0 spiro atoms. The van der Waals surface area contributed by atoms with Crippen LogP contribution in [0, 0.1) is 0 Å². The standard InChI is InChI=1S/C12H18N4O3S2/c1-8(2)16-11(17)5-6-15-21(18,19)9-3-4-10(12(13)20)14-7-9/h3-4,7-8,15H,5-6H2,1-2H3,(H2,13,20)(H,16,17). The molecule has 0 saturated heterocycles. The first-order valence-corrected chi connectivity index (χ1v) is 8.16. The van der Waals surface area contributed by atoms with Gasteiger partial charge in [0.05, 0.1) is 5.69 Å². The van der Waals surface area contributed by atoms with E-state index in [9.17, 15) is 13.2 Å². The van der Waals surface area contributed by atoms with Crippen LogP contribution in [0.15, 0.2) is 23.2 Å². The molecule has 0 atom stereocenters. The number of aromatic nitrogens is 1. The van der Waals surface area contributed by atoms with E-state index in [-0.39, 0.29) is 34.8 Å². The number of nitrogens with zero attached hydrogens (tertiary/aromatic N) is 1. The summed E-state index contributed by atoms with van der Waals surface area (Å²) in [4.78, 5) is 15.4. The van der Waals surface area contributed by atoms with Crippen molar-refractivity contribution < 1.29 is 13.2 Å². The largest absolute Gasteiger partial charge is 0.388 e. The van der Waals surface area contributed by atoms with Crippen molar-refractivity contribution in [2.45, 2.75) is 31.2 Å². The van der Waals surface area contributed by atoms with Gasteiger partial charge in [0.25, 0.3) is 0 Å². The van der Waals surface area contributed by atoms with Gasteiger partial charge in [-0.15, -0.1) is 0 Å². The topological polar surface area (TPSA) is 114 Å². The number of hydrogen-bond acceptors (Lipinski definition) is 5. The summed E-state index contributed by atoms with van der Waals surface area (Å²) in [5.74, 6) is -0.213. The Balaban J connectivity index is 2.61. The van der Waals surface area contributed by atoms with E-state index >= 15 is 0 Å². The average Bonchev–Trinajstić information content (AvgIpc) is 2.37. The normalized spacial score (nSPS) is 11.4. The minimum absolute atomic E-state index is 0.00762. The Hall–Kier alpha value is -1.58. The number of rotatable bonds is 7. The molecule has 116 valence electrons. The van der Waals surface area contributed by atoms with Gasteiger partial charge in [0, 0.05) is 25.2 Å². The molecule has 0 unspecified atom stereocenters. The van der Waals surface area contributed by atoms with Crippen LogP contribution in [-0.2, 0) is 14.8 Å². The van der Waals surface area contributed by atoms with E-state index in [1.165, 1.54) is 18.3 Å². The van der Waals surface area contributed by atoms with E-state index in [0.29, 0.717) is 5.69 Å². The molecule has 9 heteroatoms. The Morgan fingerprint density at radius 3 is 2.57 bits per heavy atom. The minimum Gasteiger partial charge on any atom is -0.388 e. The highest BCUT2D eigenvalue weighted by atomic mass is 32.2. The third-order valence-corrected chi connectivity index (χ3v) is 4.05. The molecule has 21 heavy (non-hydrogen) atoms. The van der Waals surface area contributed by atoms with E-state index in [2.05, 4.69) is 15.0 Å². The second kappa shape index (κ2) is 7.43. The van der Waals surface area contributed by atoms with E-state index in [4.69, 9.17) is 18.0 Å². The van der Waals surface area contributed by atoms with Crippen LogP contribution < -0.4 is 15.8 Å². The lowest BCUT2D eigenvalue weighted by Crippen LogP contribution is -2.34. The fourth-order valence-electron chi connectivity index (χ4n) is 1.46. The van der Waals surface area contributed by atoms with Crippen molar-refractivity contribution in [1.29, 1.82) is 0 Å². The molecule has 1 heterocycles. The number of pyridine rings is 1. The van der Waals surface area contributed by atoms with E-state index in [1.54, 1.807) is 0 Å². The van der Waals surface area contributed by atoms with Gasteiger partial charge in [-0.3, -0.25) is 9.78 Å². The van der Waals surface area contributed by atoms with Crippen LogP contribution in [0.4, 0.5) is 0 Å². The van der Waals surface area contributed by atoms with Crippen molar-refractivity contribution >= 4 is 33.1 Å². The summed E-state index contributed by atoms with van der Waals surface area (Å²) >= 11 is 4.74. The van der Waals surface area contributed by atoms with Crippen LogP contribution >= 0.6 is 12.2 Å². The van der Waals surface area contributed by atoms with Crippen LogP contribution in [0.3, 0.4) is 0 Å². The summed E-state index contributed by atoms with van der Waals surface area (Å²) in [6.07, 6.45) is 1.24. The summed E-state index contributed by atoms with van der Waals surface area (Å²) in [5, 5.41) is 2.67. The Kier molecular flexibility index (Phi) is 6.19. The highest BCUT2D eigenvalue weighted by Crippen LogP contribution is 2.07. The maximum atomic E-state index is 12.0. The van der Waals surface area contributed by atoms with Crippen molar-refractivity contribution in [3.05, 3.63) is 24.0 Å². The van der Waals surface area contributed by atoms with Crippen molar-refractivity contribution in [2.75, 3.05) is 6.54 Å². The third kappa shape index (κ3) is 5.74. The smallest absolute Gasteiger partial charge is 0.242 e. The lowest BCUT2D eigenvalue weighted by molar-refractivity contribution is -0.121. The molecule has 0 aliphatic rings. The summed E-state index contributed by atoms with van der Waals surface area (Å²) < 4.78 is 26.3. The van der Waals surface area contributed by atoms with Crippen molar-refractivity contribution in [3.8, 4) is 0 Å². The van der Waals surface area contributed by atoms with Crippen LogP contribution in [0.5, 0.6) is 0 Å². The molecule has 0 saturated carbocycles. The summed E-state index contributed by atoms with van der Waals surface area (Å²) in [6, 6.07) is 2.81. The van der Waals surface area contributed by atoms with Gasteiger partial charge in [-0.25, -0.2) is 13.1 Å². The molecule has 0 bridgehead atoms. The van der Waals surface area contributed by atoms with Gasteiger partial charge >= 0.3 is 0 Å². The van der Waals surface area contributed by atoms with E-state index in [1.807, 2.05) is 13.8 Å². The van der Waals surface area contributed by atoms with Crippen molar-refractivity contribution in [3.63, 3.8) is 0 Å². The molecule has 1 aromatic heterocycles. The fourth-order valence-corrected chi connectivity index (χ4v) is 2.56. The molecule has 1 amide bonds. The molecule has 0 aromatic carbocycles. The minimum atomic E-state index is -3.70. The predicted octanol–water partition coefficient (Wildman–Crippen LogP) is -0.0912. The van der Waals surface area contributed by atoms with Gasteiger partial charge in [-0.2, -0.15) is 0 Å². The van der Waals surface area contributed by atoms with Gasteiger partial charge in [-0.05, 0) is 26.0 Å². The fraction of sp³-hybridized carbons (Fsp3) is 0.417. The quantitative estimate of drug-likeness (QED) is 0.602. The maximum absolute atomic E-state index is 12.0. The predicted molar refractivity (Wildman–Crippen MR) is 83.2 cm³/mol. The molecule has 1 aromatic rings. The molecule has 1 rings (SSSR count). The Labute approximate surface area is 129 Å². The highest BCUT2D eigenvalue weighted by molar-refractivity contribution is 7.89. The number of sulfonamides is 1. The molecule has 0 aliphatic heterocycles. The zero-order chi connectivity index (χ0) is 16.0. The van der Waals surface area contributed by atoms with Gasteiger partial charge in [-0.1, -0.05) is 12.2 Å². The highest BCUT2D eigenvalue weighted by Gasteiger charge is 2.15. The lowest BCUT2D eigenvalue weighted by atomic mass is 10.3. The second-order valence-electron chi connectivity index (χ2n) is 4.61. The number of hydrogen-bond donors (Lipinski definition) is 3. The van der Waals surface area contributed by atoms with E-state index in [0.717, 1.165) is 0 Å². The Bertz CT molecular complexity index is 612. The molecular weight excluding hydrogens is 312 g/mol. The summed E-state index contributed by atoms with van der Waals surface area (Å²) in [7, 11) is -3.70. The Morgan fingerprint density at radius 2 is 2.10 bits per heavy atom.